The van der Waals surface area contributed by atoms with Crippen LogP contribution >= 0.6 is 0 Å². The summed E-state index contributed by atoms with van der Waals surface area (Å²) in [4.78, 5) is 27.9. The Morgan fingerprint density at radius 3 is 2.63 bits per heavy atom. The third kappa shape index (κ3) is 2.46. The minimum Gasteiger partial charge on any atom is -0.399 e. The average Bonchev–Trinajstić information content (AvgIpc) is 2.35. The van der Waals surface area contributed by atoms with Crippen LogP contribution < -0.4 is 5.73 Å². The summed E-state index contributed by atoms with van der Waals surface area (Å²) in [6.45, 7) is 2.89. The molecule has 0 bridgehead atoms. The molecule has 1 aliphatic rings. The van der Waals surface area contributed by atoms with Crippen molar-refractivity contribution in [1.82, 2.24) is 9.80 Å². The van der Waals surface area contributed by atoms with Gasteiger partial charge in [0.15, 0.2) is 0 Å². The van der Waals surface area contributed by atoms with E-state index in [1.165, 1.54) is 4.90 Å². The molecule has 0 fully saturated rings. The zero-order chi connectivity index (χ0) is 14.2. The molecule has 1 heterocycles. The van der Waals surface area contributed by atoms with Gasteiger partial charge in [-0.25, -0.2) is 0 Å². The highest BCUT2D eigenvalue weighted by Gasteiger charge is 2.35. The van der Waals surface area contributed by atoms with Crippen LogP contribution in [0.2, 0.25) is 0 Å². The fraction of sp³-hybridized carbons (Fsp3) is 0.429. The molecule has 1 aromatic carbocycles. The maximum absolute atomic E-state index is 12.4. The van der Waals surface area contributed by atoms with E-state index < -0.39 is 0 Å². The van der Waals surface area contributed by atoms with E-state index in [1.54, 1.807) is 18.2 Å². The Morgan fingerprint density at radius 2 is 2.00 bits per heavy atom. The number of amides is 2. The lowest BCUT2D eigenvalue weighted by Gasteiger charge is -2.31. The monoisotopic (exact) mass is 261 g/mol. The third-order valence-corrected chi connectivity index (χ3v) is 3.43. The number of likely N-dealkylation sites (N-methyl/N-ethyl adjacent to an activating group) is 1. The third-order valence-electron chi connectivity index (χ3n) is 3.43. The second-order valence-electron chi connectivity index (χ2n) is 5.17. The molecule has 0 radical (unpaired) electrons. The van der Waals surface area contributed by atoms with E-state index >= 15 is 0 Å². The highest BCUT2D eigenvalue weighted by Crippen LogP contribution is 2.30. The van der Waals surface area contributed by atoms with Gasteiger partial charge in [-0.15, -0.1) is 0 Å². The Morgan fingerprint density at radius 1 is 1.32 bits per heavy atom. The van der Waals surface area contributed by atoms with Crippen LogP contribution in [-0.2, 0) is 4.79 Å². The van der Waals surface area contributed by atoms with Gasteiger partial charge in [-0.1, -0.05) is 6.07 Å². The summed E-state index contributed by atoms with van der Waals surface area (Å²) in [6, 6.07) is 5.16. The van der Waals surface area contributed by atoms with Crippen molar-refractivity contribution in [2.75, 3.05) is 32.9 Å². The van der Waals surface area contributed by atoms with Gasteiger partial charge in [-0.2, -0.15) is 0 Å². The molecular formula is C14H19N3O2. The number of fused-ring (bicyclic) bond motifs is 1. The van der Waals surface area contributed by atoms with E-state index in [0.717, 1.165) is 5.56 Å². The van der Waals surface area contributed by atoms with E-state index in [-0.39, 0.29) is 17.7 Å². The van der Waals surface area contributed by atoms with Crippen molar-refractivity contribution in [3.63, 3.8) is 0 Å². The molecule has 1 unspecified atom stereocenters. The molecule has 0 aromatic heterocycles. The Balaban J connectivity index is 2.35. The molecule has 2 rings (SSSR count). The Labute approximate surface area is 113 Å². The fourth-order valence-corrected chi connectivity index (χ4v) is 2.26. The van der Waals surface area contributed by atoms with E-state index in [9.17, 15) is 9.59 Å². The zero-order valence-corrected chi connectivity index (χ0v) is 11.5. The fourth-order valence-electron chi connectivity index (χ4n) is 2.26. The highest BCUT2D eigenvalue weighted by molar-refractivity contribution is 6.11. The lowest BCUT2D eigenvalue weighted by Crippen LogP contribution is -2.46. The minimum absolute atomic E-state index is 0.135. The maximum Gasteiger partial charge on any atom is 0.260 e. The molecule has 0 saturated carbocycles. The number of imide groups is 1. The molecule has 1 aliphatic heterocycles. The van der Waals surface area contributed by atoms with E-state index in [1.807, 2.05) is 25.9 Å². The first-order chi connectivity index (χ1) is 8.91. The van der Waals surface area contributed by atoms with Gasteiger partial charge in [0, 0.05) is 24.3 Å². The van der Waals surface area contributed by atoms with Crippen LogP contribution in [0, 0.1) is 0 Å². The van der Waals surface area contributed by atoms with Gasteiger partial charge in [0.05, 0.1) is 5.92 Å². The van der Waals surface area contributed by atoms with Crippen molar-refractivity contribution in [2.24, 2.45) is 0 Å². The first-order valence-electron chi connectivity index (χ1n) is 6.31. The Kier molecular flexibility index (Phi) is 3.57. The number of hydrogen-bond acceptors (Lipinski definition) is 4. The molecule has 1 atom stereocenters. The van der Waals surface area contributed by atoms with Crippen LogP contribution in [0.15, 0.2) is 18.2 Å². The van der Waals surface area contributed by atoms with Crippen molar-refractivity contribution in [3.8, 4) is 0 Å². The molecule has 1 aromatic rings. The van der Waals surface area contributed by atoms with Gasteiger partial charge < -0.3 is 10.6 Å². The van der Waals surface area contributed by atoms with Gasteiger partial charge in [0.1, 0.15) is 0 Å². The number of nitrogen functional groups attached to an aromatic ring is 1. The topological polar surface area (TPSA) is 66.6 Å². The molecule has 102 valence electrons. The number of benzene rings is 1. The molecule has 0 aliphatic carbocycles. The number of nitrogens with two attached hydrogens (primary N) is 1. The normalized spacial score (nSPS) is 18.9. The lowest BCUT2D eigenvalue weighted by atomic mass is 9.89. The molecule has 2 amide bonds. The number of hydrogen-bond donors (Lipinski definition) is 1. The van der Waals surface area contributed by atoms with Gasteiger partial charge in [-0.05, 0) is 38.7 Å². The second-order valence-corrected chi connectivity index (χ2v) is 5.17. The van der Waals surface area contributed by atoms with Gasteiger partial charge in [0.25, 0.3) is 5.91 Å². The van der Waals surface area contributed by atoms with Crippen LogP contribution in [0.4, 0.5) is 5.69 Å². The molecule has 5 nitrogen and oxygen atoms in total. The first kappa shape index (κ1) is 13.5. The van der Waals surface area contributed by atoms with Gasteiger partial charge in [-0.3, -0.25) is 14.5 Å². The molecular weight excluding hydrogens is 242 g/mol. The van der Waals surface area contributed by atoms with Crippen LogP contribution in [-0.4, -0.2) is 48.8 Å². The quantitative estimate of drug-likeness (QED) is 0.649. The Bertz CT molecular complexity index is 525. The van der Waals surface area contributed by atoms with Crippen LogP contribution in [0.5, 0.6) is 0 Å². The molecule has 0 saturated heterocycles. The van der Waals surface area contributed by atoms with Crippen molar-refractivity contribution in [3.05, 3.63) is 29.3 Å². The summed E-state index contributed by atoms with van der Waals surface area (Å²) in [7, 11) is 3.82. The summed E-state index contributed by atoms with van der Waals surface area (Å²) in [5.41, 5.74) is 7.59. The van der Waals surface area contributed by atoms with Crippen LogP contribution in [0.1, 0.15) is 28.8 Å². The first-order valence-corrected chi connectivity index (χ1v) is 6.31. The smallest absolute Gasteiger partial charge is 0.260 e. The molecule has 2 N–H and O–H groups in total. The van der Waals surface area contributed by atoms with Crippen molar-refractivity contribution in [1.29, 1.82) is 0 Å². The van der Waals surface area contributed by atoms with Crippen LogP contribution in [0.3, 0.4) is 0 Å². The number of carbonyl (C=O) groups is 2. The summed E-state index contributed by atoms with van der Waals surface area (Å²) in [6.07, 6.45) is 0. The minimum atomic E-state index is -0.296. The van der Waals surface area contributed by atoms with Gasteiger partial charge >= 0.3 is 0 Å². The predicted octanol–water partition coefficient (Wildman–Crippen LogP) is 0.916. The maximum atomic E-state index is 12.4. The van der Waals surface area contributed by atoms with E-state index in [2.05, 4.69) is 0 Å². The SMILES string of the molecule is CC1C(=O)N(CCN(C)C)C(=O)c2cc(N)ccc21. The van der Waals surface area contributed by atoms with Crippen molar-refractivity contribution >= 4 is 17.5 Å². The largest absolute Gasteiger partial charge is 0.399 e. The van der Waals surface area contributed by atoms with Crippen molar-refractivity contribution in [2.45, 2.75) is 12.8 Å². The standard InChI is InChI=1S/C14H19N3O2/c1-9-11-5-4-10(15)8-12(11)14(19)17(13(9)18)7-6-16(2)3/h4-5,8-9H,6-7,15H2,1-3H3. The summed E-state index contributed by atoms with van der Waals surface area (Å²) >= 11 is 0. The highest BCUT2D eigenvalue weighted by atomic mass is 16.2. The summed E-state index contributed by atoms with van der Waals surface area (Å²) < 4.78 is 0. The van der Waals surface area contributed by atoms with Crippen molar-refractivity contribution < 1.29 is 9.59 Å². The Hall–Kier alpha value is -1.88. The van der Waals surface area contributed by atoms with E-state index in [0.29, 0.717) is 24.3 Å². The summed E-state index contributed by atoms with van der Waals surface area (Å²) in [5, 5.41) is 0. The second kappa shape index (κ2) is 5.01. The molecule has 0 spiro atoms. The number of nitrogens with zero attached hydrogens (tertiary/aromatic N) is 2. The molecule has 19 heavy (non-hydrogen) atoms. The lowest BCUT2D eigenvalue weighted by molar-refractivity contribution is -0.130. The van der Waals surface area contributed by atoms with Crippen LogP contribution in [0.25, 0.3) is 0 Å². The number of carbonyl (C=O) groups excluding carboxylic acids is 2. The average molecular weight is 261 g/mol. The van der Waals surface area contributed by atoms with Gasteiger partial charge in [0.2, 0.25) is 5.91 Å². The molecule has 5 heteroatoms. The van der Waals surface area contributed by atoms with E-state index in [4.69, 9.17) is 5.73 Å². The number of rotatable bonds is 3. The summed E-state index contributed by atoms with van der Waals surface area (Å²) in [5.74, 6) is -0.674. The number of anilines is 1. The predicted molar refractivity (Wildman–Crippen MR) is 73.9 cm³/mol. The zero-order valence-electron chi connectivity index (χ0n) is 11.5.